The average Bonchev–Trinajstić information content (AvgIpc) is 3.20. The molecule has 0 unspecified atom stereocenters. The Morgan fingerprint density at radius 3 is 2.58 bits per heavy atom. The van der Waals surface area contributed by atoms with E-state index in [0.29, 0.717) is 28.8 Å². The van der Waals surface area contributed by atoms with Gasteiger partial charge in [0, 0.05) is 0 Å². The van der Waals surface area contributed by atoms with E-state index < -0.39 is 0 Å². The van der Waals surface area contributed by atoms with E-state index >= 15 is 0 Å². The minimum absolute atomic E-state index is 0.141. The van der Waals surface area contributed by atoms with E-state index in [2.05, 4.69) is 61.4 Å². The largest absolute Gasteiger partial charge is 0.378 e. The number of nitrogen functional groups attached to an aromatic ring is 1. The van der Waals surface area contributed by atoms with Gasteiger partial charge in [0.05, 0.1) is 17.6 Å². The number of nitrogens with two attached hydrogens (primary N) is 1. The van der Waals surface area contributed by atoms with Crippen LogP contribution in [0.25, 0.3) is 5.82 Å². The lowest BCUT2D eigenvalue weighted by Crippen LogP contribution is -2.04. The third kappa shape index (κ3) is 3.51. The van der Waals surface area contributed by atoms with E-state index in [4.69, 9.17) is 5.73 Å². The molecule has 0 aliphatic carbocycles. The Morgan fingerprint density at radius 2 is 1.96 bits per heavy atom. The van der Waals surface area contributed by atoms with Crippen molar-refractivity contribution < 1.29 is 4.63 Å². The number of rotatable bonds is 5. The van der Waals surface area contributed by atoms with E-state index in [9.17, 15) is 0 Å². The van der Waals surface area contributed by atoms with E-state index in [1.165, 1.54) is 10.2 Å². The zero-order chi connectivity index (χ0) is 18.7. The van der Waals surface area contributed by atoms with Gasteiger partial charge in [0.1, 0.15) is 5.69 Å². The number of hydrogen-bond acceptors (Lipinski definition) is 8. The average molecular weight is 352 g/mol. The fourth-order valence-electron chi connectivity index (χ4n) is 2.40. The molecule has 9 heteroatoms. The molecule has 0 bridgehead atoms. The Kier molecular flexibility index (Phi) is 4.87. The van der Waals surface area contributed by atoms with Gasteiger partial charge in [0.2, 0.25) is 11.6 Å². The Morgan fingerprint density at radius 1 is 1.23 bits per heavy atom. The van der Waals surface area contributed by atoms with Crippen molar-refractivity contribution >= 4 is 17.7 Å². The first-order valence-corrected chi connectivity index (χ1v) is 8.16. The van der Waals surface area contributed by atoms with Crippen molar-refractivity contribution in [3.05, 3.63) is 46.8 Å². The first-order chi connectivity index (χ1) is 12.5. The van der Waals surface area contributed by atoms with Crippen LogP contribution >= 0.6 is 0 Å². The SMILES string of the molecule is C/C(=N\N=C\c1ccc(C(C)C)cc1)c1nnn(-c2nonc2N)c1C. The van der Waals surface area contributed by atoms with Gasteiger partial charge in [0.25, 0.3) is 0 Å². The van der Waals surface area contributed by atoms with Crippen LogP contribution in [-0.2, 0) is 0 Å². The van der Waals surface area contributed by atoms with Crippen LogP contribution < -0.4 is 5.73 Å². The quantitative estimate of drug-likeness (QED) is 0.556. The van der Waals surface area contributed by atoms with Crippen LogP contribution in [0.2, 0.25) is 0 Å². The lowest BCUT2D eigenvalue weighted by Gasteiger charge is -2.04. The second-order valence-corrected chi connectivity index (χ2v) is 6.16. The number of hydrogen-bond donors (Lipinski definition) is 1. The summed E-state index contributed by atoms with van der Waals surface area (Å²) in [6.07, 6.45) is 1.70. The summed E-state index contributed by atoms with van der Waals surface area (Å²) < 4.78 is 6.05. The van der Waals surface area contributed by atoms with Crippen molar-refractivity contribution in [2.45, 2.75) is 33.6 Å². The zero-order valence-electron chi connectivity index (χ0n) is 15.1. The lowest BCUT2D eigenvalue weighted by molar-refractivity contribution is 0.306. The summed E-state index contributed by atoms with van der Waals surface area (Å²) in [5.74, 6) is 0.936. The molecule has 0 spiro atoms. The van der Waals surface area contributed by atoms with Crippen molar-refractivity contribution in [2.75, 3.05) is 5.73 Å². The molecule has 0 aliphatic rings. The molecule has 9 nitrogen and oxygen atoms in total. The first kappa shape index (κ1) is 17.5. The molecule has 0 atom stereocenters. The van der Waals surface area contributed by atoms with Crippen LogP contribution in [0, 0.1) is 6.92 Å². The van der Waals surface area contributed by atoms with Gasteiger partial charge in [0.15, 0.2) is 0 Å². The Hall–Kier alpha value is -3.36. The zero-order valence-corrected chi connectivity index (χ0v) is 15.1. The fourth-order valence-corrected chi connectivity index (χ4v) is 2.40. The van der Waals surface area contributed by atoms with Gasteiger partial charge in [-0.1, -0.05) is 43.3 Å². The van der Waals surface area contributed by atoms with Gasteiger partial charge in [-0.15, -0.1) is 5.10 Å². The van der Waals surface area contributed by atoms with Gasteiger partial charge in [-0.05, 0) is 41.2 Å². The monoisotopic (exact) mass is 352 g/mol. The van der Waals surface area contributed by atoms with E-state index in [1.807, 2.05) is 26.0 Å². The van der Waals surface area contributed by atoms with Crippen molar-refractivity contribution in [1.82, 2.24) is 25.3 Å². The van der Waals surface area contributed by atoms with Gasteiger partial charge >= 0.3 is 0 Å². The van der Waals surface area contributed by atoms with Crippen LogP contribution in [0.3, 0.4) is 0 Å². The summed E-state index contributed by atoms with van der Waals surface area (Å²) in [5, 5.41) is 23.7. The Bertz CT molecular complexity index is 950. The van der Waals surface area contributed by atoms with E-state index in [-0.39, 0.29) is 5.82 Å². The second kappa shape index (κ2) is 7.26. The van der Waals surface area contributed by atoms with Crippen molar-refractivity contribution in [1.29, 1.82) is 0 Å². The van der Waals surface area contributed by atoms with Crippen molar-refractivity contribution in [3.63, 3.8) is 0 Å². The molecule has 3 rings (SSSR count). The normalized spacial score (nSPS) is 12.4. The number of benzene rings is 1. The highest BCUT2D eigenvalue weighted by Crippen LogP contribution is 2.16. The molecule has 1 aromatic carbocycles. The van der Waals surface area contributed by atoms with Crippen LogP contribution in [0.1, 0.15) is 49.2 Å². The summed E-state index contributed by atoms with van der Waals surface area (Å²) in [4.78, 5) is 0. The number of anilines is 1. The Labute approximate surface area is 150 Å². The second-order valence-electron chi connectivity index (χ2n) is 6.16. The summed E-state index contributed by atoms with van der Waals surface area (Å²) in [5.41, 5.74) is 9.89. The van der Waals surface area contributed by atoms with Gasteiger partial charge in [-0.3, -0.25) is 0 Å². The topological polar surface area (TPSA) is 120 Å². The smallest absolute Gasteiger partial charge is 0.243 e. The highest BCUT2D eigenvalue weighted by molar-refractivity contribution is 5.98. The summed E-state index contributed by atoms with van der Waals surface area (Å²) in [6, 6.07) is 8.22. The molecule has 0 aliphatic heterocycles. The first-order valence-electron chi connectivity index (χ1n) is 8.16. The molecule has 0 radical (unpaired) electrons. The third-order valence-electron chi connectivity index (χ3n) is 3.95. The number of nitrogens with zero attached hydrogens (tertiary/aromatic N) is 7. The molecule has 2 heterocycles. The molecule has 134 valence electrons. The fraction of sp³-hybridized carbons (Fsp3) is 0.294. The molecule has 2 N–H and O–H groups in total. The summed E-state index contributed by atoms with van der Waals surface area (Å²) in [6.45, 7) is 7.96. The maximum absolute atomic E-state index is 5.69. The molecular weight excluding hydrogens is 332 g/mol. The lowest BCUT2D eigenvalue weighted by atomic mass is 10.0. The molecule has 3 aromatic rings. The molecule has 26 heavy (non-hydrogen) atoms. The van der Waals surface area contributed by atoms with E-state index in [1.54, 1.807) is 6.21 Å². The predicted molar refractivity (Wildman–Crippen MR) is 98.7 cm³/mol. The minimum atomic E-state index is 0.141. The highest BCUT2D eigenvalue weighted by atomic mass is 16.6. The third-order valence-corrected chi connectivity index (χ3v) is 3.95. The van der Waals surface area contributed by atoms with Crippen LogP contribution in [0.4, 0.5) is 5.82 Å². The summed E-state index contributed by atoms with van der Waals surface area (Å²) >= 11 is 0. The van der Waals surface area contributed by atoms with Gasteiger partial charge in [-0.25, -0.2) is 4.63 Å². The van der Waals surface area contributed by atoms with Crippen LogP contribution in [0.15, 0.2) is 39.1 Å². The maximum Gasteiger partial charge on any atom is 0.243 e. The molecule has 0 fully saturated rings. The van der Waals surface area contributed by atoms with Crippen LogP contribution in [-0.4, -0.2) is 37.2 Å². The standard InChI is InChI=1S/C17H20N8O/c1-10(2)14-7-5-13(6-8-14)9-19-20-11(3)15-12(4)25(24-21-15)17-16(18)22-26-23-17/h5-10H,1-4H3,(H2,18,22)/b19-9+,20-11+. The highest BCUT2D eigenvalue weighted by Gasteiger charge is 2.17. The molecule has 2 aromatic heterocycles. The number of aromatic nitrogens is 5. The molecule has 0 saturated heterocycles. The predicted octanol–water partition coefficient (Wildman–Crippen LogP) is 2.51. The Balaban J connectivity index is 1.78. The van der Waals surface area contributed by atoms with Gasteiger partial charge < -0.3 is 5.73 Å². The summed E-state index contributed by atoms with van der Waals surface area (Å²) in [7, 11) is 0. The van der Waals surface area contributed by atoms with Crippen molar-refractivity contribution in [2.24, 2.45) is 10.2 Å². The molecule has 0 amide bonds. The van der Waals surface area contributed by atoms with E-state index in [0.717, 1.165) is 5.56 Å². The van der Waals surface area contributed by atoms with Crippen LogP contribution in [0.5, 0.6) is 0 Å². The molecular formula is C17H20N8O. The molecule has 0 saturated carbocycles. The van der Waals surface area contributed by atoms with Gasteiger partial charge in [-0.2, -0.15) is 14.9 Å². The maximum atomic E-state index is 5.69. The van der Waals surface area contributed by atoms with Crippen molar-refractivity contribution in [3.8, 4) is 5.82 Å². The minimum Gasteiger partial charge on any atom is -0.378 e.